The van der Waals surface area contributed by atoms with Gasteiger partial charge in [0.15, 0.2) is 5.82 Å². The molecule has 4 heteroatoms. The first-order chi connectivity index (χ1) is 7.51. The Labute approximate surface area is 98.0 Å². The Bertz CT molecular complexity index is 331. The van der Waals surface area contributed by atoms with Gasteiger partial charge in [0.25, 0.3) is 0 Å². The summed E-state index contributed by atoms with van der Waals surface area (Å²) in [6, 6.07) is 0. The molecule has 0 spiro atoms. The number of hydrogen-bond acceptors (Lipinski definition) is 3. The molecule has 0 aliphatic carbocycles. The lowest BCUT2D eigenvalue weighted by Gasteiger charge is -2.22. The van der Waals surface area contributed by atoms with Crippen LogP contribution in [0.25, 0.3) is 0 Å². The Hall–Kier alpha value is -1.03. The molecule has 0 fully saturated rings. The van der Waals surface area contributed by atoms with Gasteiger partial charge in [-0.2, -0.15) is 5.10 Å². The van der Waals surface area contributed by atoms with Gasteiger partial charge in [0.2, 0.25) is 0 Å². The maximum Gasteiger partial charge on any atom is 0.151 e. The van der Waals surface area contributed by atoms with Crippen LogP contribution in [0.5, 0.6) is 0 Å². The molecular weight excluding hydrogens is 202 g/mol. The van der Waals surface area contributed by atoms with Crippen molar-refractivity contribution in [3.05, 3.63) is 11.8 Å². The first-order valence-electron chi connectivity index (χ1n) is 5.78. The van der Waals surface area contributed by atoms with Crippen LogP contribution in [0.2, 0.25) is 0 Å². The molecule has 0 saturated carbocycles. The van der Waals surface area contributed by atoms with Crippen LogP contribution in [-0.2, 0) is 17.2 Å². The topological polar surface area (TPSA) is 39.1 Å². The third-order valence-electron chi connectivity index (χ3n) is 3.04. The van der Waals surface area contributed by atoms with Gasteiger partial charge in [0.05, 0.1) is 6.61 Å². The maximum atomic E-state index is 5.03. The second-order valence-electron chi connectivity index (χ2n) is 4.72. The largest absolute Gasteiger partial charge is 0.383 e. The quantitative estimate of drug-likeness (QED) is 0.754. The summed E-state index contributed by atoms with van der Waals surface area (Å²) in [5, 5.41) is 7.77. The molecule has 0 aliphatic heterocycles. The molecular formula is C12H23N3O. The molecule has 0 aromatic carbocycles. The first kappa shape index (κ1) is 13.0. The van der Waals surface area contributed by atoms with Gasteiger partial charge in [-0.15, -0.1) is 0 Å². The molecule has 1 heterocycles. The van der Waals surface area contributed by atoms with E-state index in [4.69, 9.17) is 4.74 Å². The van der Waals surface area contributed by atoms with Crippen LogP contribution in [0, 0.1) is 0 Å². The average molecular weight is 225 g/mol. The van der Waals surface area contributed by atoms with Crippen LogP contribution >= 0.6 is 0 Å². The van der Waals surface area contributed by atoms with E-state index in [0.717, 1.165) is 18.8 Å². The number of anilines is 1. The number of nitrogens with one attached hydrogen (secondary N) is 1. The highest BCUT2D eigenvalue weighted by Gasteiger charge is 2.24. The molecule has 1 N–H and O–H groups in total. The van der Waals surface area contributed by atoms with E-state index < -0.39 is 0 Å². The molecule has 0 aliphatic rings. The molecule has 16 heavy (non-hydrogen) atoms. The Kier molecular flexibility index (Phi) is 4.35. The molecule has 0 atom stereocenters. The highest BCUT2D eigenvalue weighted by atomic mass is 16.5. The molecule has 0 saturated heterocycles. The molecule has 0 amide bonds. The van der Waals surface area contributed by atoms with E-state index in [1.807, 2.05) is 11.7 Å². The third-order valence-corrected chi connectivity index (χ3v) is 3.04. The van der Waals surface area contributed by atoms with Gasteiger partial charge in [-0.25, -0.2) is 0 Å². The Balaban J connectivity index is 2.83. The van der Waals surface area contributed by atoms with Crippen LogP contribution in [0.3, 0.4) is 0 Å². The van der Waals surface area contributed by atoms with Crippen molar-refractivity contribution in [1.29, 1.82) is 0 Å². The van der Waals surface area contributed by atoms with Crippen molar-refractivity contribution in [2.24, 2.45) is 7.05 Å². The predicted molar refractivity (Wildman–Crippen MR) is 66.9 cm³/mol. The fourth-order valence-corrected chi connectivity index (χ4v) is 1.58. The molecule has 0 bridgehead atoms. The normalized spacial score (nSPS) is 11.8. The van der Waals surface area contributed by atoms with E-state index >= 15 is 0 Å². The van der Waals surface area contributed by atoms with Gasteiger partial charge in [-0.05, 0) is 11.8 Å². The van der Waals surface area contributed by atoms with Crippen LogP contribution in [0.4, 0.5) is 5.82 Å². The fraction of sp³-hybridized carbons (Fsp3) is 0.750. The Morgan fingerprint density at radius 2 is 2.19 bits per heavy atom. The SMILES string of the molecule is CCC(C)(C)c1cn(C)nc1NCCOC. The summed E-state index contributed by atoms with van der Waals surface area (Å²) in [6.07, 6.45) is 3.19. The molecule has 92 valence electrons. The number of methoxy groups -OCH3 is 1. The number of aromatic nitrogens is 2. The predicted octanol–water partition coefficient (Wildman–Crippen LogP) is 2.17. The van der Waals surface area contributed by atoms with Crippen LogP contribution in [-0.4, -0.2) is 30.0 Å². The second-order valence-corrected chi connectivity index (χ2v) is 4.72. The Morgan fingerprint density at radius 1 is 1.50 bits per heavy atom. The van der Waals surface area contributed by atoms with Crippen molar-refractivity contribution in [2.75, 3.05) is 25.6 Å². The monoisotopic (exact) mass is 225 g/mol. The van der Waals surface area contributed by atoms with Crippen LogP contribution < -0.4 is 5.32 Å². The summed E-state index contributed by atoms with van der Waals surface area (Å²) in [7, 11) is 3.66. The Morgan fingerprint density at radius 3 is 2.75 bits per heavy atom. The van der Waals surface area contributed by atoms with E-state index in [9.17, 15) is 0 Å². The minimum atomic E-state index is 0.156. The van der Waals surface area contributed by atoms with Crippen molar-refractivity contribution >= 4 is 5.82 Å². The number of hydrogen-bond donors (Lipinski definition) is 1. The zero-order chi connectivity index (χ0) is 12.2. The van der Waals surface area contributed by atoms with Gasteiger partial charge in [-0.1, -0.05) is 20.8 Å². The van der Waals surface area contributed by atoms with E-state index in [0.29, 0.717) is 6.61 Å². The molecule has 1 rings (SSSR count). The zero-order valence-corrected chi connectivity index (χ0v) is 11.0. The molecule has 0 unspecified atom stereocenters. The van der Waals surface area contributed by atoms with Crippen molar-refractivity contribution in [2.45, 2.75) is 32.6 Å². The summed E-state index contributed by atoms with van der Waals surface area (Å²) in [5.74, 6) is 0.978. The number of nitrogens with zero attached hydrogens (tertiary/aromatic N) is 2. The minimum Gasteiger partial charge on any atom is -0.383 e. The number of ether oxygens (including phenoxy) is 1. The average Bonchev–Trinajstić information content (AvgIpc) is 2.61. The summed E-state index contributed by atoms with van der Waals surface area (Å²) < 4.78 is 6.89. The van der Waals surface area contributed by atoms with E-state index in [1.54, 1.807) is 7.11 Å². The van der Waals surface area contributed by atoms with Crippen LogP contribution in [0.1, 0.15) is 32.8 Å². The van der Waals surface area contributed by atoms with Crippen molar-refractivity contribution in [3.8, 4) is 0 Å². The molecule has 1 aromatic heterocycles. The molecule has 0 radical (unpaired) electrons. The lowest BCUT2D eigenvalue weighted by molar-refractivity contribution is 0.210. The number of rotatable bonds is 6. The lowest BCUT2D eigenvalue weighted by atomic mass is 9.83. The van der Waals surface area contributed by atoms with Crippen molar-refractivity contribution < 1.29 is 4.74 Å². The van der Waals surface area contributed by atoms with Crippen LogP contribution in [0.15, 0.2) is 6.20 Å². The minimum absolute atomic E-state index is 0.156. The zero-order valence-electron chi connectivity index (χ0n) is 11.0. The third kappa shape index (κ3) is 2.98. The van der Waals surface area contributed by atoms with E-state index in [1.165, 1.54) is 5.56 Å². The highest BCUT2D eigenvalue weighted by molar-refractivity contribution is 5.47. The summed E-state index contributed by atoms with van der Waals surface area (Å²) in [5.41, 5.74) is 1.43. The van der Waals surface area contributed by atoms with Gasteiger partial charge in [-0.3, -0.25) is 4.68 Å². The molecule has 1 aromatic rings. The lowest BCUT2D eigenvalue weighted by Crippen LogP contribution is -2.18. The molecule has 4 nitrogen and oxygen atoms in total. The van der Waals surface area contributed by atoms with Gasteiger partial charge in [0.1, 0.15) is 0 Å². The summed E-state index contributed by atoms with van der Waals surface area (Å²) in [4.78, 5) is 0. The second kappa shape index (κ2) is 5.34. The van der Waals surface area contributed by atoms with Gasteiger partial charge < -0.3 is 10.1 Å². The van der Waals surface area contributed by atoms with Gasteiger partial charge in [0, 0.05) is 32.5 Å². The summed E-state index contributed by atoms with van der Waals surface area (Å²) in [6.45, 7) is 8.17. The standard InChI is InChI=1S/C12H23N3O/c1-6-12(2,3)10-9-15(4)14-11(10)13-7-8-16-5/h9H,6-8H2,1-5H3,(H,13,14). The van der Waals surface area contributed by atoms with E-state index in [2.05, 4.69) is 37.4 Å². The van der Waals surface area contributed by atoms with Gasteiger partial charge >= 0.3 is 0 Å². The van der Waals surface area contributed by atoms with Crippen molar-refractivity contribution in [3.63, 3.8) is 0 Å². The fourth-order valence-electron chi connectivity index (χ4n) is 1.58. The highest BCUT2D eigenvalue weighted by Crippen LogP contribution is 2.31. The summed E-state index contributed by atoms with van der Waals surface area (Å²) >= 11 is 0. The van der Waals surface area contributed by atoms with E-state index in [-0.39, 0.29) is 5.41 Å². The maximum absolute atomic E-state index is 5.03. The number of aryl methyl sites for hydroxylation is 1. The van der Waals surface area contributed by atoms with Crippen molar-refractivity contribution in [1.82, 2.24) is 9.78 Å². The first-order valence-corrected chi connectivity index (χ1v) is 5.78. The smallest absolute Gasteiger partial charge is 0.151 e.